The van der Waals surface area contributed by atoms with Crippen LogP contribution in [0.4, 0.5) is 0 Å². The quantitative estimate of drug-likeness (QED) is 0.706. The van der Waals surface area contributed by atoms with Crippen molar-refractivity contribution in [2.75, 3.05) is 5.75 Å². The molecule has 0 aliphatic carbocycles. The van der Waals surface area contributed by atoms with Gasteiger partial charge in [0, 0.05) is 22.8 Å². The average Bonchev–Trinajstić information content (AvgIpc) is 3.22. The van der Waals surface area contributed by atoms with Crippen LogP contribution in [0.5, 0.6) is 0 Å². The van der Waals surface area contributed by atoms with Crippen molar-refractivity contribution in [3.05, 3.63) is 70.7 Å². The molecule has 2 aromatic rings. The summed E-state index contributed by atoms with van der Waals surface area (Å²) in [5.74, 6) is 0.175. The zero-order chi connectivity index (χ0) is 19.0. The van der Waals surface area contributed by atoms with Crippen LogP contribution in [0, 0.1) is 0 Å². The molecular weight excluding hydrogens is 382 g/mol. The van der Waals surface area contributed by atoms with E-state index in [9.17, 15) is 9.59 Å². The highest BCUT2D eigenvalue weighted by Crippen LogP contribution is 2.54. The lowest BCUT2D eigenvalue weighted by molar-refractivity contribution is -0.158. The smallest absolute Gasteiger partial charge is 0.330 e. The number of hydrogen-bond donors (Lipinski definition) is 0. The molecule has 0 N–H and O–H groups in total. The molecule has 140 valence electrons. The molecule has 0 radical (unpaired) electrons. The summed E-state index contributed by atoms with van der Waals surface area (Å²) in [5, 5.41) is 0.564. The first-order chi connectivity index (χ1) is 13.0. The van der Waals surface area contributed by atoms with E-state index >= 15 is 0 Å². The van der Waals surface area contributed by atoms with Gasteiger partial charge in [0.2, 0.25) is 5.91 Å². The molecule has 1 amide bonds. The van der Waals surface area contributed by atoms with Crippen molar-refractivity contribution in [3.63, 3.8) is 0 Å². The lowest BCUT2D eigenvalue weighted by Crippen LogP contribution is -2.46. The zero-order valence-electron chi connectivity index (χ0n) is 14.9. The zero-order valence-corrected chi connectivity index (χ0v) is 16.5. The first kappa shape index (κ1) is 18.4. The molecule has 0 aromatic heterocycles. The summed E-state index contributed by atoms with van der Waals surface area (Å²) in [6.07, 6.45) is 0.691. The average molecular weight is 402 g/mol. The van der Waals surface area contributed by atoms with E-state index in [-0.39, 0.29) is 11.9 Å². The minimum Gasteiger partial charge on any atom is -0.456 e. The van der Waals surface area contributed by atoms with Gasteiger partial charge in [0.15, 0.2) is 0 Å². The Labute approximate surface area is 167 Å². The summed E-state index contributed by atoms with van der Waals surface area (Å²) in [5.41, 5.74) is 1.83. The fourth-order valence-electron chi connectivity index (χ4n) is 3.94. The number of carbonyl (C=O) groups is 2. The lowest BCUT2D eigenvalue weighted by Gasteiger charge is -2.34. The molecule has 3 atom stereocenters. The highest BCUT2D eigenvalue weighted by molar-refractivity contribution is 8.00. The maximum absolute atomic E-state index is 12.9. The van der Waals surface area contributed by atoms with Crippen molar-refractivity contribution in [1.29, 1.82) is 0 Å². The van der Waals surface area contributed by atoms with Crippen LogP contribution < -0.4 is 0 Å². The molecule has 2 aliphatic heterocycles. The molecule has 0 saturated carbocycles. The largest absolute Gasteiger partial charge is 0.456 e. The number of carbonyl (C=O) groups excluding carboxylic acids is 2. The monoisotopic (exact) mass is 401 g/mol. The molecule has 2 fully saturated rings. The Bertz CT molecular complexity index is 875. The van der Waals surface area contributed by atoms with Gasteiger partial charge in [-0.05, 0) is 25.0 Å². The van der Waals surface area contributed by atoms with Gasteiger partial charge >= 0.3 is 5.97 Å². The lowest BCUT2D eigenvalue weighted by atomic mass is 10.0. The predicted octanol–water partition coefficient (Wildman–Crippen LogP) is 4.54. The van der Waals surface area contributed by atoms with E-state index in [2.05, 4.69) is 0 Å². The second kappa shape index (κ2) is 7.21. The van der Waals surface area contributed by atoms with E-state index < -0.39 is 17.0 Å². The van der Waals surface area contributed by atoms with Crippen LogP contribution in [0.3, 0.4) is 0 Å². The van der Waals surface area contributed by atoms with E-state index in [0.717, 1.165) is 11.1 Å². The van der Waals surface area contributed by atoms with Crippen molar-refractivity contribution >= 4 is 35.2 Å². The molecule has 0 bridgehead atoms. The van der Waals surface area contributed by atoms with E-state index in [1.165, 1.54) is 0 Å². The number of nitrogens with zero attached hydrogens (tertiary/aromatic N) is 1. The van der Waals surface area contributed by atoms with E-state index in [4.69, 9.17) is 16.3 Å². The number of rotatable bonds is 4. The summed E-state index contributed by atoms with van der Waals surface area (Å²) in [6.45, 7) is 1.80. The number of hydrogen-bond acceptors (Lipinski definition) is 4. The molecule has 2 aromatic carbocycles. The summed E-state index contributed by atoms with van der Waals surface area (Å²) in [6, 6.07) is 16.7. The SMILES string of the molecule is C[C@H](OC(=O)[C@H]1CS[C@@]2(c3ccccc3)CCC(=O)N12)c1ccccc1Cl. The minimum absolute atomic E-state index is 0.0104. The summed E-state index contributed by atoms with van der Waals surface area (Å²) in [7, 11) is 0. The minimum atomic E-state index is -0.574. The number of esters is 1. The van der Waals surface area contributed by atoms with Gasteiger partial charge in [-0.25, -0.2) is 4.79 Å². The van der Waals surface area contributed by atoms with Gasteiger partial charge < -0.3 is 9.64 Å². The Hall–Kier alpha value is -1.98. The highest BCUT2D eigenvalue weighted by Gasteiger charge is 2.57. The number of thioether (sulfide) groups is 1. The number of benzene rings is 2. The molecular formula is C21H20ClNO3S. The van der Waals surface area contributed by atoms with Gasteiger partial charge in [0.25, 0.3) is 0 Å². The van der Waals surface area contributed by atoms with Crippen LogP contribution in [0.1, 0.15) is 37.0 Å². The van der Waals surface area contributed by atoms with Crippen molar-refractivity contribution in [2.45, 2.75) is 36.8 Å². The molecule has 6 heteroatoms. The summed E-state index contributed by atoms with van der Waals surface area (Å²) < 4.78 is 5.71. The molecule has 2 saturated heterocycles. The second-order valence-electron chi connectivity index (χ2n) is 6.84. The van der Waals surface area contributed by atoms with Crippen LogP contribution in [0.15, 0.2) is 54.6 Å². The number of halogens is 1. The standard InChI is InChI=1S/C21H20ClNO3S/c1-14(16-9-5-6-10-17(16)22)26-20(25)18-13-27-21(12-11-19(24)23(18)21)15-7-3-2-4-8-15/h2-10,14,18H,11-13H2,1H3/t14-,18+,21+/m0/s1. The molecule has 0 spiro atoms. The van der Waals surface area contributed by atoms with Crippen molar-refractivity contribution in [1.82, 2.24) is 4.90 Å². The fourth-order valence-corrected chi connectivity index (χ4v) is 5.86. The third-order valence-electron chi connectivity index (χ3n) is 5.26. The van der Waals surface area contributed by atoms with Crippen LogP contribution in [0.25, 0.3) is 0 Å². The highest BCUT2D eigenvalue weighted by atomic mass is 35.5. The van der Waals surface area contributed by atoms with E-state index in [1.807, 2.05) is 48.5 Å². The molecule has 2 aliphatic rings. The van der Waals surface area contributed by atoms with Crippen LogP contribution in [-0.2, 0) is 19.2 Å². The number of ether oxygens (including phenoxy) is 1. The van der Waals surface area contributed by atoms with Crippen LogP contribution in [-0.4, -0.2) is 28.6 Å². The normalized spacial score (nSPS) is 25.3. The Kier molecular flexibility index (Phi) is 4.91. The summed E-state index contributed by atoms with van der Waals surface area (Å²) >= 11 is 7.87. The second-order valence-corrected chi connectivity index (χ2v) is 8.55. The summed E-state index contributed by atoms with van der Waals surface area (Å²) in [4.78, 5) is 26.9. The van der Waals surface area contributed by atoms with Gasteiger partial charge in [-0.15, -0.1) is 11.8 Å². The predicted molar refractivity (Wildman–Crippen MR) is 106 cm³/mol. The van der Waals surface area contributed by atoms with Crippen molar-refractivity contribution in [3.8, 4) is 0 Å². The topological polar surface area (TPSA) is 46.6 Å². The Balaban J connectivity index is 1.57. The molecule has 2 heterocycles. The Morgan fingerprint density at radius 3 is 2.67 bits per heavy atom. The van der Waals surface area contributed by atoms with Gasteiger partial charge in [0.05, 0.1) is 0 Å². The Morgan fingerprint density at radius 1 is 1.22 bits per heavy atom. The molecule has 4 nitrogen and oxygen atoms in total. The van der Waals surface area contributed by atoms with Crippen LogP contribution >= 0.6 is 23.4 Å². The van der Waals surface area contributed by atoms with Gasteiger partial charge in [-0.1, -0.05) is 60.1 Å². The first-order valence-corrected chi connectivity index (χ1v) is 10.4. The molecule has 27 heavy (non-hydrogen) atoms. The van der Waals surface area contributed by atoms with Gasteiger partial charge in [-0.3, -0.25) is 4.79 Å². The number of fused-ring (bicyclic) bond motifs is 1. The third-order valence-corrected chi connectivity index (χ3v) is 7.20. The third kappa shape index (κ3) is 3.13. The molecule has 4 rings (SSSR count). The van der Waals surface area contributed by atoms with E-state index in [0.29, 0.717) is 23.6 Å². The van der Waals surface area contributed by atoms with Gasteiger partial charge in [0.1, 0.15) is 17.0 Å². The van der Waals surface area contributed by atoms with Gasteiger partial charge in [-0.2, -0.15) is 0 Å². The maximum atomic E-state index is 12.9. The Morgan fingerprint density at radius 2 is 1.93 bits per heavy atom. The first-order valence-electron chi connectivity index (χ1n) is 8.99. The maximum Gasteiger partial charge on any atom is 0.330 e. The fraction of sp³-hybridized carbons (Fsp3) is 0.333. The van der Waals surface area contributed by atoms with Crippen molar-refractivity contribution in [2.24, 2.45) is 0 Å². The number of amides is 1. The molecule has 0 unspecified atom stereocenters. The van der Waals surface area contributed by atoms with Crippen LogP contribution in [0.2, 0.25) is 5.02 Å². The van der Waals surface area contributed by atoms with Crippen molar-refractivity contribution < 1.29 is 14.3 Å². The van der Waals surface area contributed by atoms with E-state index in [1.54, 1.807) is 29.7 Å².